The Kier molecular flexibility index (Phi) is 2.17. The molecular formula is C7H6O2S2. The minimum absolute atomic E-state index is 0.0169. The Bertz CT molecular complexity index is 300. The molecule has 0 saturated carbocycles. The first kappa shape index (κ1) is 8.52. The molecule has 0 aromatic carbocycles. The first-order valence-corrected chi connectivity index (χ1v) is 5.97. The fourth-order valence-electron chi connectivity index (χ4n) is 0.851. The fourth-order valence-corrected chi connectivity index (χ4v) is 4.65. The van der Waals surface area contributed by atoms with E-state index in [1.54, 1.807) is 0 Å². The maximum absolute atomic E-state index is 10.9. The summed E-state index contributed by atoms with van der Waals surface area (Å²) in [5.41, 5.74) is 0. The molecule has 0 radical (unpaired) electrons. The van der Waals surface area contributed by atoms with Gasteiger partial charge >= 0.3 is 0 Å². The third kappa shape index (κ3) is 1.71. The van der Waals surface area contributed by atoms with Gasteiger partial charge in [-0.1, -0.05) is 5.92 Å². The second-order valence-corrected chi connectivity index (χ2v) is 6.43. The van der Waals surface area contributed by atoms with E-state index in [0.717, 1.165) is 10.8 Å². The zero-order chi connectivity index (χ0) is 8.48. The number of hydrogen-bond donors (Lipinski definition) is 0. The molecule has 4 heteroatoms. The van der Waals surface area contributed by atoms with Crippen LogP contribution >= 0.6 is 10.8 Å². The van der Waals surface area contributed by atoms with Crippen molar-refractivity contribution in [2.45, 2.75) is 5.25 Å². The van der Waals surface area contributed by atoms with Crippen LogP contribution in [0.25, 0.3) is 0 Å². The third-order valence-corrected chi connectivity index (χ3v) is 5.02. The molecule has 0 N–H and O–H groups in total. The molecule has 58 valence electrons. The van der Waals surface area contributed by atoms with Gasteiger partial charge in [-0.05, 0) is 10.8 Å². The standard InChI is InChI=1S/C7H6O2S2/c1-3-6-5-11(8,9)10-7(6)4-2/h1-2,6-7H,5H2. The van der Waals surface area contributed by atoms with Crippen molar-refractivity contribution in [3.8, 4) is 24.7 Å². The Morgan fingerprint density at radius 2 is 2.00 bits per heavy atom. The largest absolute Gasteiger partial charge is 0.217 e. The van der Waals surface area contributed by atoms with Gasteiger partial charge in [0.2, 0.25) is 8.87 Å². The molecular weight excluding hydrogens is 180 g/mol. The molecule has 1 fully saturated rings. The van der Waals surface area contributed by atoms with Gasteiger partial charge in [0.15, 0.2) is 0 Å². The van der Waals surface area contributed by atoms with E-state index in [-0.39, 0.29) is 16.9 Å². The van der Waals surface area contributed by atoms with Gasteiger partial charge in [-0.25, -0.2) is 8.42 Å². The summed E-state index contributed by atoms with van der Waals surface area (Å²) in [5, 5.41) is -0.356. The normalized spacial score (nSPS) is 34.0. The second kappa shape index (κ2) is 2.81. The van der Waals surface area contributed by atoms with E-state index in [4.69, 9.17) is 12.8 Å². The molecule has 0 aromatic heterocycles. The maximum atomic E-state index is 10.9. The van der Waals surface area contributed by atoms with E-state index in [1.165, 1.54) is 0 Å². The van der Waals surface area contributed by atoms with Gasteiger partial charge < -0.3 is 0 Å². The molecule has 0 spiro atoms. The first-order valence-electron chi connectivity index (χ1n) is 2.92. The highest BCUT2D eigenvalue weighted by molar-refractivity contribution is 8.72. The average molecular weight is 186 g/mol. The number of hydrogen-bond acceptors (Lipinski definition) is 3. The molecule has 1 rings (SSSR count). The summed E-state index contributed by atoms with van der Waals surface area (Å²) in [6.07, 6.45) is 10.2. The van der Waals surface area contributed by atoms with Crippen LogP contribution in [0.4, 0.5) is 0 Å². The molecule has 1 aliphatic rings. The van der Waals surface area contributed by atoms with Crippen LogP contribution in [0.2, 0.25) is 0 Å². The van der Waals surface area contributed by atoms with E-state index in [2.05, 4.69) is 11.8 Å². The lowest BCUT2D eigenvalue weighted by molar-refractivity contribution is 0.607. The van der Waals surface area contributed by atoms with Crippen LogP contribution in [0.15, 0.2) is 0 Å². The summed E-state index contributed by atoms with van der Waals surface area (Å²) < 4.78 is 21.9. The molecule has 1 saturated heterocycles. The van der Waals surface area contributed by atoms with Gasteiger partial charge in [0.1, 0.15) is 0 Å². The van der Waals surface area contributed by atoms with Crippen molar-refractivity contribution in [1.29, 1.82) is 0 Å². The van der Waals surface area contributed by atoms with Crippen LogP contribution in [0.3, 0.4) is 0 Å². The van der Waals surface area contributed by atoms with Crippen LogP contribution < -0.4 is 0 Å². The van der Waals surface area contributed by atoms with E-state index in [1.807, 2.05) is 0 Å². The molecule has 0 aromatic rings. The highest BCUT2D eigenvalue weighted by Gasteiger charge is 2.36. The molecule has 2 atom stereocenters. The van der Waals surface area contributed by atoms with E-state index in [0.29, 0.717) is 0 Å². The topological polar surface area (TPSA) is 34.1 Å². The SMILES string of the molecule is C#CC1CS(=O)(=O)SC1C#C. The van der Waals surface area contributed by atoms with Crippen molar-refractivity contribution in [3.05, 3.63) is 0 Å². The summed E-state index contributed by atoms with van der Waals surface area (Å²) in [6, 6.07) is 0. The Labute approximate surface area is 70.1 Å². The molecule has 2 unspecified atom stereocenters. The monoisotopic (exact) mass is 186 g/mol. The van der Waals surface area contributed by atoms with Crippen molar-refractivity contribution in [2.75, 3.05) is 5.75 Å². The predicted molar refractivity (Wildman–Crippen MR) is 46.3 cm³/mol. The lowest BCUT2D eigenvalue weighted by Gasteiger charge is -2.00. The molecule has 1 heterocycles. The van der Waals surface area contributed by atoms with Gasteiger partial charge in [0.25, 0.3) is 0 Å². The minimum atomic E-state index is -3.04. The first-order chi connectivity index (χ1) is 5.09. The third-order valence-electron chi connectivity index (χ3n) is 1.38. The summed E-state index contributed by atoms with van der Waals surface area (Å²) in [4.78, 5) is 0. The highest BCUT2D eigenvalue weighted by atomic mass is 33.1. The molecule has 2 nitrogen and oxygen atoms in total. The van der Waals surface area contributed by atoms with Gasteiger partial charge in [0.05, 0.1) is 16.9 Å². The lowest BCUT2D eigenvalue weighted by Crippen LogP contribution is -2.09. The zero-order valence-electron chi connectivity index (χ0n) is 5.65. The molecule has 0 amide bonds. The van der Waals surface area contributed by atoms with Gasteiger partial charge in [-0.3, -0.25) is 0 Å². The Morgan fingerprint density at radius 3 is 2.36 bits per heavy atom. The zero-order valence-corrected chi connectivity index (χ0v) is 7.28. The van der Waals surface area contributed by atoms with E-state index >= 15 is 0 Å². The predicted octanol–water partition coefficient (Wildman–Crippen LogP) is 0.314. The lowest BCUT2D eigenvalue weighted by atomic mass is 10.1. The molecule has 1 aliphatic heterocycles. The number of rotatable bonds is 0. The summed E-state index contributed by atoms with van der Waals surface area (Å²) in [7, 11) is -2.24. The van der Waals surface area contributed by atoms with Crippen LogP contribution in [-0.4, -0.2) is 19.4 Å². The van der Waals surface area contributed by atoms with Crippen molar-refractivity contribution in [1.82, 2.24) is 0 Å². The summed E-state index contributed by atoms with van der Waals surface area (Å²) in [5.74, 6) is 4.45. The van der Waals surface area contributed by atoms with Crippen LogP contribution in [0.1, 0.15) is 0 Å². The fraction of sp³-hybridized carbons (Fsp3) is 0.429. The summed E-state index contributed by atoms with van der Waals surface area (Å²) in [6.45, 7) is 0. The van der Waals surface area contributed by atoms with Crippen molar-refractivity contribution in [3.63, 3.8) is 0 Å². The van der Waals surface area contributed by atoms with Crippen molar-refractivity contribution >= 4 is 19.7 Å². The van der Waals surface area contributed by atoms with Gasteiger partial charge in [-0.2, -0.15) is 0 Å². The maximum Gasteiger partial charge on any atom is 0.204 e. The highest BCUT2D eigenvalue weighted by Crippen LogP contribution is 2.34. The Balaban J connectivity index is 2.91. The number of terminal acetylenes is 2. The van der Waals surface area contributed by atoms with Crippen LogP contribution in [-0.2, 0) is 8.87 Å². The summed E-state index contributed by atoms with van der Waals surface area (Å²) >= 11 is 0. The van der Waals surface area contributed by atoms with Crippen LogP contribution in [0.5, 0.6) is 0 Å². The molecule has 11 heavy (non-hydrogen) atoms. The smallest absolute Gasteiger partial charge is 0.204 e. The van der Waals surface area contributed by atoms with Gasteiger partial charge in [-0.15, -0.1) is 18.8 Å². The van der Waals surface area contributed by atoms with Crippen molar-refractivity contribution < 1.29 is 8.42 Å². The molecule has 0 aliphatic carbocycles. The average Bonchev–Trinajstić information content (AvgIpc) is 2.25. The Morgan fingerprint density at radius 1 is 1.36 bits per heavy atom. The molecule has 0 bridgehead atoms. The van der Waals surface area contributed by atoms with Crippen LogP contribution in [0, 0.1) is 30.6 Å². The van der Waals surface area contributed by atoms with E-state index in [9.17, 15) is 8.42 Å². The Hall–Kier alpha value is -0.580. The minimum Gasteiger partial charge on any atom is -0.217 e. The second-order valence-electron chi connectivity index (χ2n) is 2.18. The quantitative estimate of drug-likeness (QED) is 0.403. The van der Waals surface area contributed by atoms with Crippen molar-refractivity contribution in [2.24, 2.45) is 5.92 Å². The van der Waals surface area contributed by atoms with Gasteiger partial charge in [0, 0.05) is 0 Å². The van der Waals surface area contributed by atoms with E-state index < -0.39 is 8.87 Å².